The fourth-order valence-corrected chi connectivity index (χ4v) is 2.86. The molecule has 1 aromatic rings. The third-order valence-corrected chi connectivity index (χ3v) is 4.39. The first-order valence-electron chi connectivity index (χ1n) is 8.62. The number of piperazine rings is 1. The molecule has 1 aliphatic rings. The molecule has 1 unspecified atom stereocenters. The number of anilines is 1. The predicted molar refractivity (Wildman–Crippen MR) is 98.2 cm³/mol. The third-order valence-electron chi connectivity index (χ3n) is 4.39. The van der Waals surface area contributed by atoms with Crippen molar-refractivity contribution in [3.63, 3.8) is 0 Å². The molecular weight excluding hydrogens is 338 g/mol. The Morgan fingerprint density at radius 3 is 2.50 bits per heavy atom. The Balaban J connectivity index is 2.13. The topological polar surface area (TPSA) is 122 Å². The Hall–Kier alpha value is -2.68. The molecule has 26 heavy (non-hydrogen) atoms. The maximum Gasteiger partial charge on any atom is 0.293 e. The molecule has 1 aliphatic heterocycles. The molecule has 0 saturated carbocycles. The van der Waals surface area contributed by atoms with Crippen molar-refractivity contribution in [3.05, 3.63) is 33.9 Å². The fraction of sp³-hybridized carbons (Fsp3) is 0.529. The quantitative estimate of drug-likeness (QED) is 0.567. The van der Waals surface area contributed by atoms with E-state index in [1.165, 1.54) is 13.0 Å². The number of benzene rings is 1. The average Bonchev–Trinajstić information content (AvgIpc) is 2.60. The molecule has 1 fully saturated rings. The largest absolute Gasteiger partial charge is 0.362 e. The Labute approximate surface area is 152 Å². The van der Waals surface area contributed by atoms with Crippen LogP contribution < -0.4 is 16.0 Å². The minimum atomic E-state index is -0.481. The van der Waals surface area contributed by atoms with Crippen LogP contribution in [0, 0.1) is 10.1 Å². The first kappa shape index (κ1) is 19.6. The number of carbonyl (C=O) groups excluding carboxylic acids is 2. The molecule has 1 aromatic carbocycles. The number of carbonyl (C=O) groups is 2. The Morgan fingerprint density at radius 1 is 1.31 bits per heavy atom. The molecule has 1 saturated heterocycles. The van der Waals surface area contributed by atoms with Crippen molar-refractivity contribution in [2.75, 3.05) is 37.6 Å². The van der Waals surface area contributed by atoms with Crippen molar-refractivity contribution in [2.24, 2.45) is 5.73 Å². The van der Waals surface area contributed by atoms with Gasteiger partial charge in [-0.3, -0.25) is 19.7 Å². The van der Waals surface area contributed by atoms with Crippen molar-refractivity contribution in [3.8, 4) is 0 Å². The standard InChI is InChI=1S/C17H25N5O4/c1-12(18)5-6-19-17(24)14-3-4-15(16(11-14)22(25)26)21-9-7-20(8-10-21)13(2)23/h3-4,11-12H,5-10,18H2,1-2H3,(H,19,24). The van der Waals surface area contributed by atoms with Crippen LogP contribution in [-0.4, -0.2) is 60.4 Å². The highest BCUT2D eigenvalue weighted by atomic mass is 16.6. The molecule has 0 radical (unpaired) electrons. The van der Waals surface area contributed by atoms with Crippen LogP contribution >= 0.6 is 0 Å². The predicted octanol–water partition coefficient (Wildman–Crippen LogP) is 0.730. The maximum atomic E-state index is 12.2. The number of rotatable bonds is 6. The Bertz CT molecular complexity index is 684. The van der Waals surface area contributed by atoms with Gasteiger partial charge in [-0.2, -0.15) is 0 Å². The van der Waals surface area contributed by atoms with E-state index in [2.05, 4.69) is 5.32 Å². The summed E-state index contributed by atoms with van der Waals surface area (Å²) < 4.78 is 0. The molecule has 2 amide bonds. The summed E-state index contributed by atoms with van der Waals surface area (Å²) in [6.45, 7) is 5.84. The minimum Gasteiger partial charge on any atom is -0.362 e. The number of nitrogens with two attached hydrogens (primary N) is 1. The van der Waals surface area contributed by atoms with Gasteiger partial charge in [0.1, 0.15) is 5.69 Å². The summed E-state index contributed by atoms with van der Waals surface area (Å²) >= 11 is 0. The number of nitro groups is 1. The summed E-state index contributed by atoms with van der Waals surface area (Å²) in [5.41, 5.74) is 6.24. The summed E-state index contributed by atoms with van der Waals surface area (Å²) in [5.74, 6) is -0.361. The number of nitrogens with one attached hydrogen (secondary N) is 1. The molecule has 0 aromatic heterocycles. The van der Waals surface area contributed by atoms with E-state index in [4.69, 9.17) is 5.73 Å². The van der Waals surface area contributed by atoms with Crippen LogP contribution in [0.5, 0.6) is 0 Å². The highest BCUT2D eigenvalue weighted by Crippen LogP contribution is 2.30. The lowest BCUT2D eigenvalue weighted by atomic mass is 10.1. The van der Waals surface area contributed by atoms with Crippen molar-refractivity contribution in [1.29, 1.82) is 0 Å². The molecule has 9 nitrogen and oxygen atoms in total. The normalized spacial score (nSPS) is 15.5. The molecule has 2 rings (SSSR count). The van der Waals surface area contributed by atoms with Gasteiger partial charge in [0.25, 0.3) is 11.6 Å². The minimum absolute atomic E-state index is 0.00188. The van der Waals surface area contributed by atoms with Gasteiger partial charge in [-0.05, 0) is 25.5 Å². The van der Waals surface area contributed by atoms with Crippen molar-refractivity contribution in [1.82, 2.24) is 10.2 Å². The lowest BCUT2D eigenvalue weighted by Crippen LogP contribution is -2.48. The monoisotopic (exact) mass is 363 g/mol. The van der Waals surface area contributed by atoms with E-state index in [9.17, 15) is 19.7 Å². The Morgan fingerprint density at radius 2 is 1.96 bits per heavy atom. The molecule has 3 N–H and O–H groups in total. The average molecular weight is 363 g/mol. The number of hydrogen-bond acceptors (Lipinski definition) is 6. The highest BCUT2D eigenvalue weighted by Gasteiger charge is 2.25. The summed E-state index contributed by atoms with van der Waals surface area (Å²) in [6.07, 6.45) is 0.631. The van der Waals surface area contributed by atoms with Gasteiger partial charge in [-0.15, -0.1) is 0 Å². The number of nitro benzene ring substituents is 1. The van der Waals surface area contributed by atoms with Crippen molar-refractivity contribution < 1.29 is 14.5 Å². The summed E-state index contributed by atoms with van der Waals surface area (Å²) in [5, 5.41) is 14.2. The van der Waals surface area contributed by atoms with Crippen LogP contribution in [0.1, 0.15) is 30.6 Å². The number of hydrogen-bond donors (Lipinski definition) is 2. The fourth-order valence-electron chi connectivity index (χ4n) is 2.86. The molecule has 1 heterocycles. The maximum absolute atomic E-state index is 12.2. The van der Waals surface area contributed by atoms with Crippen molar-refractivity contribution >= 4 is 23.2 Å². The van der Waals surface area contributed by atoms with Crippen LogP contribution in [0.2, 0.25) is 0 Å². The second-order valence-corrected chi connectivity index (χ2v) is 6.48. The van der Waals surface area contributed by atoms with E-state index in [1.54, 1.807) is 17.0 Å². The first-order chi connectivity index (χ1) is 12.3. The van der Waals surface area contributed by atoms with Crippen LogP contribution in [0.3, 0.4) is 0 Å². The van der Waals surface area contributed by atoms with E-state index in [0.717, 1.165) is 0 Å². The molecule has 1 atom stereocenters. The highest BCUT2D eigenvalue weighted by molar-refractivity contribution is 5.95. The van der Waals surface area contributed by atoms with Gasteiger partial charge in [-0.1, -0.05) is 0 Å². The van der Waals surface area contributed by atoms with Gasteiger partial charge in [0, 0.05) is 57.3 Å². The summed E-state index contributed by atoms with van der Waals surface area (Å²) in [7, 11) is 0. The third kappa shape index (κ3) is 4.92. The van der Waals surface area contributed by atoms with E-state index in [-0.39, 0.29) is 29.1 Å². The molecular formula is C17H25N5O4. The van der Waals surface area contributed by atoms with Crippen LogP contribution in [0.4, 0.5) is 11.4 Å². The molecule has 0 spiro atoms. The molecule has 142 valence electrons. The van der Waals surface area contributed by atoms with Gasteiger partial charge in [0.15, 0.2) is 0 Å². The zero-order chi connectivity index (χ0) is 19.3. The van der Waals surface area contributed by atoms with E-state index < -0.39 is 4.92 Å². The molecule has 0 bridgehead atoms. The molecule has 0 aliphatic carbocycles. The van der Waals surface area contributed by atoms with E-state index in [1.807, 2.05) is 11.8 Å². The Kier molecular flexibility index (Phi) is 6.51. The first-order valence-corrected chi connectivity index (χ1v) is 8.62. The van der Waals surface area contributed by atoms with Crippen LogP contribution in [0.15, 0.2) is 18.2 Å². The summed E-state index contributed by atoms with van der Waals surface area (Å²) in [4.78, 5) is 38.2. The number of amides is 2. The zero-order valence-electron chi connectivity index (χ0n) is 15.1. The van der Waals surface area contributed by atoms with Gasteiger partial charge in [-0.25, -0.2) is 0 Å². The van der Waals surface area contributed by atoms with Gasteiger partial charge < -0.3 is 20.9 Å². The van der Waals surface area contributed by atoms with Gasteiger partial charge in [0.2, 0.25) is 5.91 Å². The zero-order valence-corrected chi connectivity index (χ0v) is 15.1. The van der Waals surface area contributed by atoms with E-state index in [0.29, 0.717) is 44.8 Å². The SMILES string of the molecule is CC(=O)N1CCN(c2ccc(C(=O)NCCC(C)N)cc2[N+](=O)[O-])CC1. The van der Waals surface area contributed by atoms with Crippen LogP contribution in [-0.2, 0) is 4.79 Å². The molecule has 9 heteroatoms. The smallest absolute Gasteiger partial charge is 0.293 e. The van der Waals surface area contributed by atoms with Gasteiger partial charge in [0.05, 0.1) is 4.92 Å². The number of nitrogens with zero attached hydrogens (tertiary/aromatic N) is 3. The second-order valence-electron chi connectivity index (χ2n) is 6.48. The van der Waals surface area contributed by atoms with Gasteiger partial charge >= 0.3 is 0 Å². The lowest BCUT2D eigenvalue weighted by molar-refractivity contribution is -0.384. The second kappa shape index (κ2) is 8.61. The van der Waals surface area contributed by atoms with E-state index >= 15 is 0 Å². The van der Waals surface area contributed by atoms with Crippen molar-refractivity contribution in [2.45, 2.75) is 26.3 Å². The lowest BCUT2D eigenvalue weighted by Gasteiger charge is -2.35. The van der Waals surface area contributed by atoms with Crippen LogP contribution in [0.25, 0.3) is 0 Å². The summed E-state index contributed by atoms with van der Waals surface area (Å²) in [6, 6.07) is 4.46.